The lowest BCUT2D eigenvalue weighted by Crippen LogP contribution is -2.49. The molecular formula is C46H91N2O5+. The molecule has 7 heteroatoms. The zero-order valence-electron chi connectivity index (χ0n) is 36.2. The minimum Gasteiger partial charge on any atom is -0.466 e. The maximum atomic E-state index is 12.9. The third-order valence-electron chi connectivity index (χ3n) is 10.4. The minimum atomic E-state index is -0.835. The molecule has 1 atom stereocenters. The Bertz CT molecular complexity index is 827. The molecule has 0 aliphatic heterocycles. The highest BCUT2D eigenvalue weighted by Gasteiger charge is 2.26. The number of amides is 1. The molecule has 0 aromatic rings. The van der Waals surface area contributed by atoms with Gasteiger partial charge in [0.25, 0.3) is 5.91 Å². The molecule has 0 heterocycles. The Kier molecular flexibility index (Phi) is 37.4. The number of hydrogen-bond acceptors (Lipinski definition) is 5. The Labute approximate surface area is 329 Å². The van der Waals surface area contributed by atoms with E-state index in [1.807, 2.05) is 21.1 Å². The number of carbonyl (C=O) groups is 3. The van der Waals surface area contributed by atoms with Crippen molar-refractivity contribution in [1.82, 2.24) is 5.32 Å². The van der Waals surface area contributed by atoms with Crippen molar-refractivity contribution in [2.45, 2.75) is 238 Å². The molecule has 0 aromatic carbocycles. The van der Waals surface area contributed by atoms with Gasteiger partial charge in [0.2, 0.25) is 0 Å². The minimum absolute atomic E-state index is 0.0856. The molecule has 0 aliphatic rings. The monoisotopic (exact) mass is 752 g/mol. The van der Waals surface area contributed by atoms with Crippen LogP contribution in [0.3, 0.4) is 0 Å². The topological polar surface area (TPSA) is 81.7 Å². The van der Waals surface area contributed by atoms with Gasteiger partial charge in [0, 0.05) is 6.42 Å². The number of ether oxygens (including phenoxy) is 2. The first-order valence-corrected chi connectivity index (χ1v) is 23.1. The predicted molar refractivity (Wildman–Crippen MR) is 225 cm³/mol. The Morgan fingerprint density at radius 2 is 0.755 bits per heavy atom. The van der Waals surface area contributed by atoms with Crippen LogP contribution in [0.1, 0.15) is 232 Å². The van der Waals surface area contributed by atoms with E-state index in [0.717, 1.165) is 32.1 Å². The van der Waals surface area contributed by atoms with E-state index >= 15 is 0 Å². The van der Waals surface area contributed by atoms with Gasteiger partial charge >= 0.3 is 11.9 Å². The number of nitrogens with zero attached hydrogens (tertiary/aromatic N) is 1. The van der Waals surface area contributed by atoms with Crippen molar-refractivity contribution < 1.29 is 28.3 Å². The van der Waals surface area contributed by atoms with E-state index in [4.69, 9.17) is 9.47 Å². The van der Waals surface area contributed by atoms with E-state index in [1.165, 1.54) is 173 Å². The highest BCUT2D eigenvalue weighted by atomic mass is 16.5. The summed E-state index contributed by atoms with van der Waals surface area (Å²) >= 11 is 0. The van der Waals surface area contributed by atoms with Crippen LogP contribution in [-0.4, -0.2) is 69.3 Å². The smallest absolute Gasteiger partial charge is 0.328 e. The molecule has 1 unspecified atom stereocenters. The molecule has 1 N–H and O–H groups in total. The van der Waals surface area contributed by atoms with Crippen LogP contribution in [0.25, 0.3) is 0 Å². The second kappa shape index (κ2) is 38.6. The van der Waals surface area contributed by atoms with Gasteiger partial charge in [0.1, 0.15) is 6.04 Å². The predicted octanol–water partition coefficient (Wildman–Crippen LogP) is 12.6. The normalized spacial score (nSPS) is 12.2. The van der Waals surface area contributed by atoms with E-state index in [2.05, 4.69) is 19.2 Å². The van der Waals surface area contributed by atoms with Gasteiger partial charge in [-0.15, -0.1) is 0 Å². The van der Waals surface area contributed by atoms with Crippen LogP contribution in [0.5, 0.6) is 0 Å². The van der Waals surface area contributed by atoms with Crippen LogP contribution < -0.4 is 5.32 Å². The van der Waals surface area contributed by atoms with Gasteiger partial charge < -0.3 is 19.3 Å². The number of rotatable bonds is 41. The standard InChI is InChI=1S/C46H90N2O5/c1-6-8-10-12-14-16-18-20-22-24-26-28-30-32-34-36-40-52-45(50)39-38-43(47-44(49)42-48(3,4)5)46(51)53-41-37-35-33-31-29-27-25-23-21-19-17-15-13-11-9-7-2/h43H,6-42H2,1-5H3/p+1. The van der Waals surface area contributed by atoms with Crippen molar-refractivity contribution in [2.24, 2.45) is 0 Å². The van der Waals surface area contributed by atoms with Gasteiger partial charge in [-0.05, 0) is 19.3 Å². The van der Waals surface area contributed by atoms with E-state index < -0.39 is 12.0 Å². The second-order valence-corrected chi connectivity index (χ2v) is 17.1. The molecule has 0 aromatic heterocycles. The maximum Gasteiger partial charge on any atom is 0.328 e. The number of quaternary nitrogens is 1. The van der Waals surface area contributed by atoms with E-state index in [0.29, 0.717) is 17.7 Å². The molecule has 53 heavy (non-hydrogen) atoms. The number of esters is 2. The average Bonchev–Trinajstić information content (AvgIpc) is 3.11. The third-order valence-corrected chi connectivity index (χ3v) is 10.4. The molecular weight excluding hydrogens is 661 g/mol. The molecule has 0 saturated heterocycles. The van der Waals surface area contributed by atoms with Gasteiger partial charge in [-0.1, -0.05) is 206 Å². The van der Waals surface area contributed by atoms with Crippen LogP contribution in [0.15, 0.2) is 0 Å². The quantitative estimate of drug-likeness (QED) is 0.0382. The van der Waals surface area contributed by atoms with Crippen molar-refractivity contribution in [3.63, 3.8) is 0 Å². The zero-order chi connectivity index (χ0) is 39.1. The van der Waals surface area contributed by atoms with Crippen LogP contribution in [-0.2, 0) is 23.9 Å². The Balaban J connectivity index is 4.01. The van der Waals surface area contributed by atoms with E-state index in [9.17, 15) is 14.4 Å². The molecule has 0 aliphatic carbocycles. The molecule has 0 bridgehead atoms. The summed E-state index contributed by atoms with van der Waals surface area (Å²) in [5.41, 5.74) is 0. The van der Waals surface area contributed by atoms with Gasteiger partial charge in [0.15, 0.2) is 6.54 Å². The molecule has 0 radical (unpaired) electrons. The lowest BCUT2D eigenvalue weighted by atomic mass is 10.0. The summed E-state index contributed by atoms with van der Waals surface area (Å²) in [6, 6.07) is -0.835. The molecule has 7 nitrogen and oxygen atoms in total. The summed E-state index contributed by atoms with van der Waals surface area (Å²) in [5.74, 6) is -0.989. The summed E-state index contributed by atoms with van der Waals surface area (Å²) in [4.78, 5) is 38.1. The van der Waals surface area contributed by atoms with Gasteiger partial charge in [-0.2, -0.15) is 0 Å². The zero-order valence-corrected chi connectivity index (χ0v) is 36.2. The second-order valence-electron chi connectivity index (χ2n) is 17.1. The maximum absolute atomic E-state index is 12.9. The summed E-state index contributed by atoms with van der Waals surface area (Å²) in [7, 11) is 5.79. The first-order chi connectivity index (χ1) is 25.7. The van der Waals surface area contributed by atoms with Gasteiger partial charge in [-0.25, -0.2) is 4.79 Å². The fourth-order valence-electron chi connectivity index (χ4n) is 7.01. The molecule has 314 valence electrons. The van der Waals surface area contributed by atoms with Crippen LogP contribution in [0, 0.1) is 0 Å². The van der Waals surface area contributed by atoms with Crippen LogP contribution in [0.4, 0.5) is 0 Å². The van der Waals surface area contributed by atoms with Crippen molar-refractivity contribution in [3.05, 3.63) is 0 Å². The van der Waals surface area contributed by atoms with Crippen LogP contribution in [0.2, 0.25) is 0 Å². The number of carbonyl (C=O) groups excluding carboxylic acids is 3. The first-order valence-electron chi connectivity index (χ1n) is 23.1. The lowest BCUT2D eigenvalue weighted by molar-refractivity contribution is -0.862. The Hall–Kier alpha value is -1.63. The summed E-state index contributed by atoms with van der Waals surface area (Å²) in [5, 5.41) is 2.82. The number of hydrogen-bond donors (Lipinski definition) is 1. The molecule has 0 spiro atoms. The van der Waals surface area contributed by atoms with Crippen molar-refractivity contribution >= 4 is 17.8 Å². The van der Waals surface area contributed by atoms with Crippen molar-refractivity contribution in [1.29, 1.82) is 0 Å². The third kappa shape index (κ3) is 39.9. The summed E-state index contributed by atoms with van der Waals surface area (Å²) in [6.07, 6.45) is 41.9. The summed E-state index contributed by atoms with van der Waals surface area (Å²) in [6.45, 7) is 5.56. The molecule has 0 fully saturated rings. The summed E-state index contributed by atoms with van der Waals surface area (Å²) < 4.78 is 11.5. The number of unbranched alkanes of at least 4 members (excludes halogenated alkanes) is 30. The molecule has 0 rings (SSSR count). The molecule has 0 saturated carbocycles. The fourth-order valence-corrected chi connectivity index (χ4v) is 7.01. The highest BCUT2D eigenvalue weighted by Crippen LogP contribution is 2.16. The Morgan fingerprint density at radius 3 is 1.08 bits per heavy atom. The largest absolute Gasteiger partial charge is 0.466 e. The van der Waals surface area contributed by atoms with Crippen molar-refractivity contribution in [3.8, 4) is 0 Å². The van der Waals surface area contributed by atoms with Gasteiger partial charge in [-0.3, -0.25) is 9.59 Å². The Morgan fingerprint density at radius 1 is 0.453 bits per heavy atom. The van der Waals surface area contributed by atoms with Gasteiger partial charge in [0.05, 0.1) is 34.4 Å². The van der Waals surface area contributed by atoms with Crippen molar-refractivity contribution in [2.75, 3.05) is 40.9 Å². The highest BCUT2D eigenvalue weighted by molar-refractivity contribution is 5.85. The van der Waals surface area contributed by atoms with Crippen LogP contribution >= 0.6 is 0 Å². The first kappa shape index (κ1) is 51.4. The van der Waals surface area contributed by atoms with E-state index in [-0.39, 0.29) is 31.3 Å². The number of likely N-dealkylation sites (N-methyl/N-ethyl adjacent to an activating group) is 1. The average molecular weight is 752 g/mol. The SMILES string of the molecule is CCCCCCCCCCCCCCCCCCOC(=O)CCC(NC(=O)C[N+](C)(C)C)C(=O)OCCCCCCCCCCCCCCCCCC. The van der Waals surface area contributed by atoms with E-state index in [1.54, 1.807) is 0 Å². The number of nitrogens with one attached hydrogen (secondary N) is 1. The lowest BCUT2D eigenvalue weighted by Gasteiger charge is -2.24. The molecule has 1 amide bonds. The fraction of sp³-hybridized carbons (Fsp3) is 0.935.